The molecule has 39 heavy (non-hydrogen) atoms. The molecule has 1 aromatic heterocycles. The van der Waals surface area contributed by atoms with Crippen molar-refractivity contribution in [3.05, 3.63) is 77.0 Å². The lowest BCUT2D eigenvalue weighted by molar-refractivity contribution is 0.0517. The van der Waals surface area contributed by atoms with Crippen molar-refractivity contribution in [2.45, 2.75) is 58.3 Å². The average Bonchev–Trinajstić information content (AvgIpc) is 3.65. The Balaban J connectivity index is 0.00000308. The summed E-state index contributed by atoms with van der Waals surface area (Å²) in [6.45, 7) is 5.20. The molecule has 0 saturated carbocycles. The van der Waals surface area contributed by atoms with Crippen molar-refractivity contribution < 1.29 is 14.3 Å². The number of fused-ring (bicyclic) bond motifs is 2. The van der Waals surface area contributed by atoms with Crippen LogP contribution in [0.2, 0.25) is 0 Å². The highest BCUT2D eigenvalue weighted by Crippen LogP contribution is 2.38. The predicted molar refractivity (Wildman–Crippen MR) is 151 cm³/mol. The molecule has 3 aromatic rings. The smallest absolute Gasteiger partial charge is 0.321 e. The number of amides is 3. The van der Waals surface area contributed by atoms with Crippen molar-refractivity contribution in [2.24, 2.45) is 0 Å². The van der Waals surface area contributed by atoms with Gasteiger partial charge in [-0.05, 0) is 56.5 Å². The third-order valence-corrected chi connectivity index (χ3v) is 8.27. The summed E-state index contributed by atoms with van der Waals surface area (Å²) in [5, 5.41) is 10.4. The Morgan fingerprint density at radius 3 is 2.72 bits per heavy atom. The first-order valence-corrected chi connectivity index (χ1v) is 13.4. The summed E-state index contributed by atoms with van der Waals surface area (Å²) in [7, 11) is 1.57. The minimum Gasteiger partial charge on any atom is -0.497 e. The fourth-order valence-electron chi connectivity index (χ4n) is 6.18. The maximum Gasteiger partial charge on any atom is 0.321 e. The molecule has 2 saturated heterocycles. The standard InChI is InChI=1S/C29H34N6O3.CH4/c1-19-26-25(27(32-31-26)30-28(36)21-10-6-12-24(15-21)38-2)18-34(19)29(37)35-17-22-11-7-13-33(22)16-23(35)14-20-8-4-3-5-9-20;/h3-6,8-10,12,15,19,22-23H,7,11,13-14,16-18H2,1-2H3,(H2,30,31,32,36);1H4/t19?,22-,23-;/m0./s1. The van der Waals surface area contributed by atoms with Crippen LogP contribution in [0.25, 0.3) is 0 Å². The molecule has 206 valence electrons. The van der Waals surface area contributed by atoms with E-state index in [1.165, 1.54) is 12.0 Å². The quantitative estimate of drug-likeness (QED) is 0.499. The molecule has 9 nitrogen and oxygen atoms in total. The van der Waals surface area contributed by atoms with Crippen molar-refractivity contribution in [1.82, 2.24) is 24.9 Å². The number of carbonyl (C=O) groups is 2. The number of H-pyrrole nitrogens is 1. The maximum absolute atomic E-state index is 14.1. The number of aromatic nitrogens is 2. The monoisotopic (exact) mass is 530 g/mol. The van der Waals surface area contributed by atoms with Crippen LogP contribution in [-0.2, 0) is 13.0 Å². The number of hydrogen-bond donors (Lipinski definition) is 2. The highest BCUT2D eigenvalue weighted by atomic mass is 16.5. The number of anilines is 1. The minimum absolute atomic E-state index is 0. The molecule has 3 atom stereocenters. The van der Waals surface area contributed by atoms with Crippen LogP contribution in [0.3, 0.4) is 0 Å². The molecule has 0 spiro atoms. The number of piperazine rings is 1. The number of nitrogens with one attached hydrogen (secondary N) is 2. The Bertz CT molecular complexity index is 1330. The zero-order chi connectivity index (χ0) is 26.2. The number of ether oxygens (including phenoxy) is 1. The molecular formula is C30H38N6O3. The largest absolute Gasteiger partial charge is 0.497 e. The SMILES string of the molecule is C.COc1cccc(C(=O)Nc2n[nH]c3c2CN(C(=O)N2C[C@@H]4CCCN4C[C@@H]2Cc2ccccc2)C3C)c1. The van der Waals surface area contributed by atoms with E-state index in [1.54, 1.807) is 31.4 Å². The normalized spacial score (nSPS) is 22.2. The molecule has 3 aliphatic rings. The fraction of sp³-hybridized carbons (Fsp3) is 0.433. The second-order valence-corrected chi connectivity index (χ2v) is 10.5. The number of carbonyl (C=O) groups excluding carboxylic acids is 2. The van der Waals surface area contributed by atoms with Gasteiger partial charge in [-0.1, -0.05) is 43.8 Å². The number of benzene rings is 2. The van der Waals surface area contributed by atoms with E-state index in [0.717, 1.165) is 43.7 Å². The van der Waals surface area contributed by atoms with Gasteiger partial charge in [-0.2, -0.15) is 5.10 Å². The second-order valence-electron chi connectivity index (χ2n) is 10.5. The average molecular weight is 531 g/mol. The topological polar surface area (TPSA) is 93.8 Å². The Kier molecular flexibility index (Phi) is 7.61. The first-order valence-electron chi connectivity index (χ1n) is 13.4. The Morgan fingerprint density at radius 1 is 1.10 bits per heavy atom. The summed E-state index contributed by atoms with van der Waals surface area (Å²) in [5.41, 5.74) is 3.47. The van der Waals surface area contributed by atoms with Crippen LogP contribution in [0.4, 0.5) is 10.6 Å². The minimum atomic E-state index is -0.268. The molecule has 2 N–H and O–H groups in total. The molecule has 0 bridgehead atoms. The maximum atomic E-state index is 14.1. The van der Waals surface area contributed by atoms with Gasteiger partial charge in [-0.25, -0.2) is 4.79 Å². The summed E-state index contributed by atoms with van der Waals surface area (Å²) < 4.78 is 5.24. The first-order chi connectivity index (χ1) is 18.5. The molecule has 4 heterocycles. The molecule has 2 aromatic carbocycles. The van der Waals surface area contributed by atoms with Crippen LogP contribution < -0.4 is 10.1 Å². The van der Waals surface area contributed by atoms with Crippen LogP contribution in [0.5, 0.6) is 5.75 Å². The van der Waals surface area contributed by atoms with Gasteiger partial charge in [0.1, 0.15) is 5.75 Å². The van der Waals surface area contributed by atoms with Crippen LogP contribution >= 0.6 is 0 Å². The molecule has 0 aliphatic carbocycles. The second kappa shape index (κ2) is 11.1. The van der Waals surface area contributed by atoms with Gasteiger partial charge in [0.25, 0.3) is 5.91 Å². The summed E-state index contributed by atoms with van der Waals surface area (Å²) in [6, 6.07) is 17.9. The lowest BCUT2D eigenvalue weighted by Gasteiger charge is -2.45. The van der Waals surface area contributed by atoms with E-state index in [-0.39, 0.29) is 31.4 Å². The van der Waals surface area contributed by atoms with E-state index >= 15 is 0 Å². The number of methoxy groups -OCH3 is 1. The van der Waals surface area contributed by atoms with Crippen LogP contribution in [0, 0.1) is 0 Å². The molecule has 3 amide bonds. The molecule has 0 radical (unpaired) electrons. The Morgan fingerprint density at radius 2 is 1.92 bits per heavy atom. The highest BCUT2D eigenvalue weighted by molar-refractivity contribution is 6.04. The molecule has 6 rings (SSSR count). The fourth-order valence-corrected chi connectivity index (χ4v) is 6.18. The van der Waals surface area contributed by atoms with Crippen molar-refractivity contribution in [2.75, 3.05) is 32.1 Å². The summed E-state index contributed by atoms with van der Waals surface area (Å²) >= 11 is 0. The Hall–Kier alpha value is -3.85. The van der Waals surface area contributed by atoms with Gasteiger partial charge < -0.3 is 19.9 Å². The third kappa shape index (κ3) is 5.11. The van der Waals surface area contributed by atoms with Crippen molar-refractivity contribution in [3.63, 3.8) is 0 Å². The van der Waals surface area contributed by atoms with Crippen LogP contribution in [0.15, 0.2) is 54.6 Å². The highest BCUT2D eigenvalue weighted by Gasteiger charge is 2.43. The summed E-state index contributed by atoms with van der Waals surface area (Å²) in [5.74, 6) is 0.815. The van der Waals surface area contributed by atoms with Crippen molar-refractivity contribution in [3.8, 4) is 5.75 Å². The van der Waals surface area contributed by atoms with Gasteiger partial charge in [-0.3, -0.25) is 14.8 Å². The number of aromatic amines is 1. The van der Waals surface area contributed by atoms with E-state index in [1.807, 2.05) is 17.9 Å². The first kappa shape index (κ1) is 26.7. The van der Waals surface area contributed by atoms with Crippen molar-refractivity contribution >= 4 is 17.8 Å². The van der Waals surface area contributed by atoms with Gasteiger partial charge in [-0.15, -0.1) is 0 Å². The third-order valence-electron chi connectivity index (χ3n) is 8.27. The van der Waals surface area contributed by atoms with Gasteiger partial charge in [0.2, 0.25) is 0 Å². The summed E-state index contributed by atoms with van der Waals surface area (Å²) in [4.78, 5) is 33.6. The van der Waals surface area contributed by atoms with Crippen LogP contribution in [-0.4, -0.2) is 75.7 Å². The van der Waals surface area contributed by atoms with E-state index in [9.17, 15) is 9.59 Å². The molecule has 9 heteroatoms. The van der Waals surface area contributed by atoms with Gasteiger partial charge in [0, 0.05) is 30.3 Å². The molecular weight excluding hydrogens is 492 g/mol. The number of nitrogens with zero attached hydrogens (tertiary/aromatic N) is 4. The van der Waals surface area contributed by atoms with E-state index in [2.05, 4.69) is 49.6 Å². The van der Waals surface area contributed by atoms with E-state index < -0.39 is 0 Å². The number of urea groups is 1. The predicted octanol–water partition coefficient (Wildman–Crippen LogP) is 4.69. The lowest BCUT2D eigenvalue weighted by atomic mass is 10.00. The van der Waals surface area contributed by atoms with E-state index in [4.69, 9.17) is 4.74 Å². The lowest BCUT2D eigenvalue weighted by Crippen LogP contribution is -2.60. The van der Waals surface area contributed by atoms with Gasteiger partial charge in [0.15, 0.2) is 5.82 Å². The molecule has 2 fully saturated rings. The summed E-state index contributed by atoms with van der Waals surface area (Å²) in [6.07, 6.45) is 3.17. The zero-order valence-corrected chi connectivity index (χ0v) is 21.9. The molecule has 1 unspecified atom stereocenters. The van der Waals surface area contributed by atoms with Crippen molar-refractivity contribution in [1.29, 1.82) is 0 Å². The van der Waals surface area contributed by atoms with E-state index in [0.29, 0.717) is 29.7 Å². The Labute approximate surface area is 230 Å². The molecule has 3 aliphatic heterocycles. The van der Waals surface area contributed by atoms with Gasteiger partial charge in [0.05, 0.1) is 31.4 Å². The van der Waals surface area contributed by atoms with Gasteiger partial charge >= 0.3 is 6.03 Å². The number of rotatable bonds is 5. The van der Waals surface area contributed by atoms with Crippen LogP contribution in [0.1, 0.15) is 60.4 Å². The zero-order valence-electron chi connectivity index (χ0n) is 21.9. The number of hydrogen-bond acceptors (Lipinski definition) is 5.